The van der Waals surface area contributed by atoms with E-state index in [0.29, 0.717) is 0 Å². The fourth-order valence-electron chi connectivity index (χ4n) is 1.16. The van der Waals surface area contributed by atoms with E-state index in [2.05, 4.69) is 18.4 Å². The summed E-state index contributed by atoms with van der Waals surface area (Å²) in [6, 6.07) is 7.90. The van der Waals surface area contributed by atoms with E-state index in [9.17, 15) is 0 Å². The van der Waals surface area contributed by atoms with Gasteiger partial charge < -0.3 is 5.11 Å². The number of benzene rings is 1. The van der Waals surface area contributed by atoms with Crippen molar-refractivity contribution in [2.45, 2.75) is 19.4 Å². The second kappa shape index (κ2) is 5.26. The molecule has 1 atom stereocenters. The van der Waals surface area contributed by atoms with Crippen LogP contribution in [0.15, 0.2) is 36.9 Å². The van der Waals surface area contributed by atoms with E-state index in [4.69, 9.17) is 5.11 Å². The number of allylic oxidation sites excluding steroid dienone is 1. The summed E-state index contributed by atoms with van der Waals surface area (Å²) in [6.07, 6.45) is 2.08. The molecule has 0 aromatic heterocycles. The fraction of sp³-hybridized carbons (Fsp3) is 0.231. The lowest BCUT2D eigenvalue weighted by atomic mass is 10.0. The van der Waals surface area contributed by atoms with Gasteiger partial charge in [0.1, 0.15) is 6.10 Å². The summed E-state index contributed by atoms with van der Waals surface area (Å²) in [6.45, 7) is 5.35. The van der Waals surface area contributed by atoms with Crippen molar-refractivity contribution >= 4 is 0 Å². The summed E-state index contributed by atoms with van der Waals surface area (Å²) < 4.78 is 0. The predicted molar refractivity (Wildman–Crippen MR) is 58.9 cm³/mol. The number of aliphatic hydroxyl groups is 1. The van der Waals surface area contributed by atoms with Crippen LogP contribution in [0.25, 0.3) is 0 Å². The average Bonchev–Trinajstić information content (AvgIpc) is 2.17. The summed E-state index contributed by atoms with van der Waals surface area (Å²) in [5.74, 6) is 5.68. The topological polar surface area (TPSA) is 20.2 Å². The maximum atomic E-state index is 9.04. The zero-order valence-corrected chi connectivity index (χ0v) is 8.33. The molecule has 0 radical (unpaired) electrons. The third kappa shape index (κ3) is 3.08. The fourth-order valence-corrected chi connectivity index (χ4v) is 1.16. The summed E-state index contributed by atoms with van der Waals surface area (Å²) in [7, 11) is 0. The molecule has 0 spiro atoms. The van der Waals surface area contributed by atoms with Gasteiger partial charge in [0.05, 0.1) is 0 Å². The molecular formula is C13H14O. The van der Waals surface area contributed by atoms with E-state index in [1.807, 2.05) is 30.3 Å². The molecule has 0 aliphatic rings. The molecular weight excluding hydrogens is 172 g/mol. The molecule has 1 rings (SSSR count). The van der Waals surface area contributed by atoms with Crippen LogP contribution in [0.4, 0.5) is 0 Å². The van der Waals surface area contributed by atoms with Crippen LogP contribution in [0.1, 0.15) is 18.1 Å². The Bertz CT molecular complexity index is 366. The SMILES string of the molecule is C=CCc1ccccc1C#CC(C)O. The van der Waals surface area contributed by atoms with Crippen LogP contribution in [0.5, 0.6) is 0 Å². The van der Waals surface area contributed by atoms with Crippen LogP contribution >= 0.6 is 0 Å². The minimum Gasteiger partial charge on any atom is -0.381 e. The van der Waals surface area contributed by atoms with Gasteiger partial charge >= 0.3 is 0 Å². The van der Waals surface area contributed by atoms with Gasteiger partial charge in [-0.05, 0) is 25.0 Å². The van der Waals surface area contributed by atoms with Gasteiger partial charge in [0, 0.05) is 5.56 Å². The van der Waals surface area contributed by atoms with Crippen LogP contribution in [0.2, 0.25) is 0 Å². The van der Waals surface area contributed by atoms with Gasteiger partial charge in [-0.3, -0.25) is 0 Å². The first-order valence-corrected chi connectivity index (χ1v) is 4.62. The monoisotopic (exact) mass is 186 g/mol. The average molecular weight is 186 g/mol. The first-order valence-electron chi connectivity index (χ1n) is 4.62. The highest BCUT2D eigenvalue weighted by Crippen LogP contribution is 2.08. The quantitative estimate of drug-likeness (QED) is 0.554. The Morgan fingerprint density at radius 3 is 2.86 bits per heavy atom. The standard InChI is InChI=1S/C13H14O/c1-3-6-12-7-4-5-8-13(12)10-9-11(2)14/h3-5,7-8,11,14H,1,6H2,2H3. The van der Waals surface area contributed by atoms with E-state index in [1.54, 1.807) is 6.92 Å². The van der Waals surface area contributed by atoms with Gasteiger partial charge in [0.25, 0.3) is 0 Å². The largest absolute Gasteiger partial charge is 0.381 e. The minimum atomic E-state index is -0.577. The second-order valence-electron chi connectivity index (χ2n) is 3.10. The van der Waals surface area contributed by atoms with Gasteiger partial charge in [-0.2, -0.15) is 0 Å². The van der Waals surface area contributed by atoms with Crippen molar-refractivity contribution in [2.75, 3.05) is 0 Å². The third-order valence-electron chi connectivity index (χ3n) is 1.80. The van der Waals surface area contributed by atoms with Crippen LogP contribution in [-0.2, 0) is 6.42 Å². The molecule has 1 aromatic rings. The van der Waals surface area contributed by atoms with Gasteiger partial charge in [0.15, 0.2) is 0 Å². The first-order chi connectivity index (χ1) is 6.74. The summed E-state index contributed by atoms with van der Waals surface area (Å²) in [5.41, 5.74) is 2.11. The smallest absolute Gasteiger partial charge is 0.112 e. The molecule has 0 bridgehead atoms. The molecule has 72 valence electrons. The number of hydrogen-bond acceptors (Lipinski definition) is 1. The Hall–Kier alpha value is -1.52. The highest BCUT2D eigenvalue weighted by atomic mass is 16.3. The Balaban J connectivity index is 2.96. The number of hydrogen-bond donors (Lipinski definition) is 1. The van der Waals surface area contributed by atoms with Crippen LogP contribution < -0.4 is 0 Å². The zero-order valence-electron chi connectivity index (χ0n) is 8.33. The molecule has 0 heterocycles. The molecule has 0 fully saturated rings. The van der Waals surface area contributed by atoms with Crippen LogP contribution in [0, 0.1) is 11.8 Å². The van der Waals surface area contributed by atoms with Crippen molar-refractivity contribution < 1.29 is 5.11 Å². The lowest BCUT2D eigenvalue weighted by Gasteiger charge is -1.99. The number of aliphatic hydroxyl groups excluding tert-OH is 1. The Morgan fingerprint density at radius 1 is 1.50 bits per heavy atom. The predicted octanol–water partition coefficient (Wildman–Crippen LogP) is 2.15. The molecule has 0 aliphatic carbocycles. The maximum Gasteiger partial charge on any atom is 0.112 e. The lowest BCUT2D eigenvalue weighted by Crippen LogP contribution is -1.94. The molecule has 0 amide bonds. The molecule has 0 saturated carbocycles. The molecule has 1 N–H and O–H groups in total. The van der Waals surface area contributed by atoms with E-state index in [1.165, 1.54) is 0 Å². The highest BCUT2D eigenvalue weighted by molar-refractivity contribution is 5.42. The van der Waals surface area contributed by atoms with Gasteiger partial charge in [-0.1, -0.05) is 36.1 Å². The van der Waals surface area contributed by atoms with Crippen molar-refractivity contribution in [1.29, 1.82) is 0 Å². The molecule has 1 aromatic carbocycles. The van der Waals surface area contributed by atoms with Crippen LogP contribution in [0.3, 0.4) is 0 Å². The Kier molecular flexibility index (Phi) is 3.97. The van der Waals surface area contributed by atoms with Gasteiger partial charge in [-0.25, -0.2) is 0 Å². The molecule has 1 heteroatoms. The second-order valence-corrected chi connectivity index (χ2v) is 3.10. The molecule has 1 unspecified atom stereocenters. The summed E-state index contributed by atoms with van der Waals surface area (Å²) >= 11 is 0. The Morgan fingerprint density at radius 2 is 2.21 bits per heavy atom. The van der Waals surface area contributed by atoms with Crippen molar-refractivity contribution in [2.24, 2.45) is 0 Å². The van der Waals surface area contributed by atoms with Crippen molar-refractivity contribution in [3.05, 3.63) is 48.0 Å². The van der Waals surface area contributed by atoms with Crippen molar-refractivity contribution in [3.63, 3.8) is 0 Å². The zero-order chi connectivity index (χ0) is 10.4. The maximum absolute atomic E-state index is 9.04. The molecule has 0 saturated heterocycles. The van der Waals surface area contributed by atoms with E-state index >= 15 is 0 Å². The molecule has 1 nitrogen and oxygen atoms in total. The number of rotatable bonds is 2. The van der Waals surface area contributed by atoms with E-state index in [-0.39, 0.29) is 0 Å². The van der Waals surface area contributed by atoms with E-state index in [0.717, 1.165) is 17.5 Å². The summed E-state index contributed by atoms with van der Waals surface area (Å²) in [4.78, 5) is 0. The van der Waals surface area contributed by atoms with Crippen LogP contribution in [-0.4, -0.2) is 11.2 Å². The third-order valence-corrected chi connectivity index (χ3v) is 1.80. The van der Waals surface area contributed by atoms with Crippen molar-refractivity contribution in [3.8, 4) is 11.8 Å². The summed E-state index contributed by atoms with van der Waals surface area (Å²) in [5, 5.41) is 9.04. The van der Waals surface area contributed by atoms with E-state index < -0.39 is 6.10 Å². The minimum absolute atomic E-state index is 0.577. The van der Waals surface area contributed by atoms with Gasteiger partial charge in [-0.15, -0.1) is 6.58 Å². The normalized spacial score (nSPS) is 11.3. The molecule has 14 heavy (non-hydrogen) atoms. The Labute approximate surface area is 85.1 Å². The van der Waals surface area contributed by atoms with Gasteiger partial charge in [0.2, 0.25) is 0 Å². The highest BCUT2D eigenvalue weighted by Gasteiger charge is 1.95. The lowest BCUT2D eigenvalue weighted by molar-refractivity contribution is 0.253. The first kappa shape index (κ1) is 10.6. The molecule has 0 aliphatic heterocycles. The van der Waals surface area contributed by atoms with Crippen molar-refractivity contribution in [1.82, 2.24) is 0 Å².